The molecule has 2 rings (SSSR count). The van der Waals surface area contributed by atoms with Crippen molar-refractivity contribution in [2.45, 2.75) is 44.8 Å². The van der Waals surface area contributed by atoms with Gasteiger partial charge >= 0.3 is 0 Å². The van der Waals surface area contributed by atoms with E-state index in [9.17, 15) is 4.39 Å². The minimum atomic E-state index is -0.873. The number of alkyl halides is 1. The van der Waals surface area contributed by atoms with Crippen LogP contribution in [0.4, 0.5) is 4.39 Å². The molecule has 2 unspecified atom stereocenters. The van der Waals surface area contributed by atoms with Gasteiger partial charge in [0.2, 0.25) is 0 Å². The molecule has 0 aromatic rings. The molecule has 0 saturated heterocycles. The zero-order chi connectivity index (χ0) is 14.4. The van der Waals surface area contributed by atoms with Gasteiger partial charge in [-0.25, -0.2) is 4.39 Å². The highest BCUT2D eigenvalue weighted by atomic mass is 32.2. The number of halogens is 1. The van der Waals surface area contributed by atoms with Crippen molar-refractivity contribution in [1.29, 1.82) is 0 Å². The molecular weight excluding hydrogens is 273 g/mol. The fraction of sp³-hybridized carbons (Fsp3) is 0.533. The number of nitrogens with zero attached hydrogens (tertiary/aromatic N) is 1. The fourth-order valence-electron chi connectivity index (χ4n) is 1.98. The fourth-order valence-corrected chi connectivity index (χ4v) is 2.54. The minimum Gasteiger partial charge on any atom is -0.392 e. The van der Waals surface area contributed by atoms with Gasteiger partial charge in [-0.3, -0.25) is 9.71 Å². The Bertz CT molecular complexity index is 438. The van der Waals surface area contributed by atoms with Gasteiger partial charge in [-0.05, 0) is 49.4 Å². The Morgan fingerprint density at radius 1 is 1.65 bits per heavy atom. The van der Waals surface area contributed by atoms with Crippen molar-refractivity contribution in [1.82, 2.24) is 4.72 Å². The van der Waals surface area contributed by atoms with Gasteiger partial charge in [-0.15, -0.1) is 0 Å². The zero-order valence-electron chi connectivity index (χ0n) is 11.8. The monoisotopic (exact) mass is 295 g/mol. The number of rotatable bonds is 7. The van der Waals surface area contributed by atoms with Gasteiger partial charge < -0.3 is 5.73 Å². The van der Waals surface area contributed by atoms with Gasteiger partial charge in [0.15, 0.2) is 0 Å². The van der Waals surface area contributed by atoms with Crippen LogP contribution in [0.15, 0.2) is 40.0 Å². The average Bonchev–Trinajstić information content (AvgIpc) is 3.23. The van der Waals surface area contributed by atoms with E-state index in [1.54, 1.807) is 24.4 Å². The maximum atomic E-state index is 12.9. The summed E-state index contributed by atoms with van der Waals surface area (Å²) in [5, 5.41) is 0.681. The highest BCUT2D eigenvalue weighted by Crippen LogP contribution is 2.33. The van der Waals surface area contributed by atoms with Gasteiger partial charge in [-0.1, -0.05) is 18.9 Å². The maximum Gasteiger partial charge on any atom is 0.122 e. The van der Waals surface area contributed by atoms with Crippen LogP contribution in [0.5, 0.6) is 0 Å². The molecule has 0 spiro atoms. The summed E-state index contributed by atoms with van der Waals surface area (Å²) in [7, 11) is 0. The molecule has 0 aliphatic heterocycles. The summed E-state index contributed by atoms with van der Waals surface area (Å²) in [4.78, 5) is 4.23. The third-order valence-corrected chi connectivity index (χ3v) is 4.14. The molecule has 2 aliphatic carbocycles. The first-order valence-corrected chi connectivity index (χ1v) is 7.89. The van der Waals surface area contributed by atoms with Crippen molar-refractivity contribution in [3.63, 3.8) is 0 Å². The molecule has 0 heterocycles. The quantitative estimate of drug-likeness (QED) is 0.558. The molecule has 5 heteroatoms. The molecule has 0 radical (unpaired) electrons. The van der Waals surface area contributed by atoms with Crippen LogP contribution < -0.4 is 10.5 Å². The van der Waals surface area contributed by atoms with Crippen LogP contribution in [-0.4, -0.2) is 18.4 Å². The van der Waals surface area contributed by atoms with Gasteiger partial charge in [0.25, 0.3) is 0 Å². The number of aliphatic imine (C=N–C) groups is 1. The van der Waals surface area contributed by atoms with E-state index in [4.69, 9.17) is 5.73 Å². The summed E-state index contributed by atoms with van der Waals surface area (Å²) in [6, 6.07) is 0.474. The minimum absolute atomic E-state index is 0.400. The molecule has 0 aromatic carbocycles. The summed E-state index contributed by atoms with van der Waals surface area (Å²) in [6.45, 7) is 2.18. The predicted octanol–water partition coefficient (Wildman–Crippen LogP) is 3.47. The van der Waals surface area contributed by atoms with E-state index < -0.39 is 6.17 Å². The highest BCUT2D eigenvalue weighted by molar-refractivity contribution is 8.01. The topological polar surface area (TPSA) is 50.4 Å². The molecule has 3 N–H and O–H groups in total. The molecule has 1 saturated carbocycles. The van der Waals surface area contributed by atoms with E-state index >= 15 is 0 Å². The lowest BCUT2D eigenvalue weighted by molar-refractivity contribution is 0.400. The van der Waals surface area contributed by atoms with Crippen LogP contribution in [0, 0.1) is 5.92 Å². The summed E-state index contributed by atoms with van der Waals surface area (Å²) in [6.07, 6.45) is 11.9. The molecule has 110 valence electrons. The second-order valence-electron chi connectivity index (χ2n) is 5.39. The van der Waals surface area contributed by atoms with Crippen LogP contribution in [0.25, 0.3) is 0 Å². The SMILES string of the molecule is CC(CC1CC1)NS/C(N)=C/C=NC1=CCC(F)C=C1. The predicted molar refractivity (Wildman–Crippen MR) is 85.0 cm³/mol. The molecule has 20 heavy (non-hydrogen) atoms. The van der Waals surface area contributed by atoms with Crippen molar-refractivity contribution >= 4 is 18.2 Å². The van der Waals surface area contributed by atoms with E-state index in [0.29, 0.717) is 17.5 Å². The summed E-state index contributed by atoms with van der Waals surface area (Å²) >= 11 is 1.44. The Morgan fingerprint density at radius 2 is 2.45 bits per heavy atom. The van der Waals surface area contributed by atoms with E-state index in [-0.39, 0.29) is 0 Å². The molecule has 3 nitrogen and oxygen atoms in total. The number of hydrogen-bond donors (Lipinski definition) is 2. The van der Waals surface area contributed by atoms with Crippen LogP contribution in [0.3, 0.4) is 0 Å². The first-order valence-electron chi connectivity index (χ1n) is 7.08. The molecule has 0 amide bonds. The van der Waals surface area contributed by atoms with E-state index in [1.165, 1.54) is 37.3 Å². The first-order chi connectivity index (χ1) is 9.63. The molecule has 1 fully saturated rings. The van der Waals surface area contributed by atoms with E-state index in [0.717, 1.165) is 11.6 Å². The van der Waals surface area contributed by atoms with Crippen molar-refractivity contribution < 1.29 is 4.39 Å². The molecular formula is C15H22FN3S. The molecule has 0 aromatic heterocycles. The Labute approximate surface area is 124 Å². The third-order valence-electron chi connectivity index (χ3n) is 3.25. The lowest BCUT2D eigenvalue weighted by Gasteiger charge is -2.11. The summed E-state index contributed by atoms with van der Waals surface area (Å²) < 4.78 is 16.2. The van der Waals surface area contributed by atoms with E-state index in [1.807, 2.05) is 0 Å². The Balaban J connectivity index is 1.68. The number of nitrogens with two attached hydrogens (primary N) is 1. The first kappa shape index (κ1) is 15.3. The van der Waals surface area contributed by atoms with E-state index in [2.05, 4.69) is 16.6 Å². The summed E-state index contributed by atoms with van der Waals surface area (Å²) in [5.41, 5.74) is 6.66. The van der Waals surface area contributed by atoms with Crippen LogP contribution in [-0.2, 0) is 0 Å². The normalized spacial score (nSPS) is 25.0. The lowest BCUT2D eigenvalue weighted by Crippen LogP contribution is -2.20. The third kappa shape index (κ3) is 5.92. The second kappa shape index (κ2) is 7.64. The van der Waals surface area contributed by atoms with Crippen molar-refractivity contribution in [3.8, 4) is 0 Å². The van der Waals surface area contributed by atoms with Gasteiger partial charge in [0.1, 0.15) is 6.17 Å². The molecule has 2 aliphatic rings. The standard InChI is InChI=1S/C15H22FN3S/c1-11(10-12-2-3-12)19-20-15(17)8-9-18-14-6-4-13(16)5-7-14/h4,6-9,11-13,19H,2-3,5,10,17H2,1H3/b15-8+,18-9?. The van der Waals surface area contributed by atoms with Crippen LogP contribution in [0.2, 0.25) is 0 Å². The molecule has 0 bridgehead atoms. The Morgan fingerprint density at radius 3 is 3.10 bits per heavy atom. The Hall–Kier alpha value is -1.07. The Kier molecular flexibility index (Phi) is 5.86. The zero-order valence-corrected chi connectivity index (χ0v) is 12.6. The largest absolute Gasteiger partial charge is 0.392 e. The van der Waals surface area contributed by atoms with Crippen LogP contribution in [0.1, 0.15) is 32.6 Å². The smallest absolute Gasteiger partial charge is 0.122 e. The van der Waals surface area contributed by atoms with Crippen molar-refractivity contribution in [2.24, 2.45) is 16.6 Å². The maximum absolute atomic E-state index is 12.9. The second-order valence-corrected chi connectivity index (χ2v) is 6.30. The van der Waals surface area contributed by atoms with Gasteiger partial charge in [0.05, 0.1) is 10.7 Å². The molecule has 2 atom stereocenters. The van der Waals surface area contributed by atoms with Crippen molar-refractivity contribution in [3.05, 3.63) is 35.0 Å². The van der Waals surface area contributed by atoms with Gasteiger partial charge in [0, 0.05) is 18.7 Å². The number of hydrogen-bond acceptors (Lipinski definition) is 4. The number of nitrogens with one attached hydrogen (secondary N) is 1. The lowest BCUT2D eigenvalue weighted by atomic mass is 10.1. The summed E-state index contributed by atoms with van der Waals surface area (Å²) in [5.74, 6) is 0.911. The average molecular weight is 295 g/mol. The highest BCUT2D eigenvalue weighted by Gasteiger charge is 2.23. The van der Waals surface area contributed by atoms with Crippen LogP contribution >= 0.6 is 11.9 Å². The van der Waals surface area contributed by atoms with Crippen molar-refractivity contribution in [2.75, 3.05) is 0 Å². The van der Waals surface area contributed by atoms with Gasteiger partial charge in [-0.2, -0.15) is 0 Å². The number of allylic oxidation sites excluding steroid dienone is 4.